The predicted molar refractivity (Wildman–Crippen MR) is 85.9 cm³/mol. The van der Waals surface area contributed by atoms with Crippen molar-refractivity contribution in [3.63, 3.8) is 0 Å². The minimum atomic E-state index is -0.399. The molecule has 2 aromatic carbocycles. The van der Waals surface area contributed by atoms with Crippen LogP contribution in [0.25, 0.3) is 11.1 Å². The number of rotatable bonds is 4. The molecule has 0 spiro atoms. The number of ether oxygens (including phenoxy) is 1. The monoisotopic (exact) mass is 303 g/mol. The molecule has 0 fully saturated rings. The topological polar surface area (TPSA) is 59.6 Å². The summed E-state index contributed by atoms with van der Waals surface area (Å²) < 4.78 is 18.6. The molecule has 0 unspecified atom stereocenters. The van der Waals surface area contributed by atoms with E-state index in [2.05, 4.69) is 22.7 Å². The number of nitrogens with zero attached hydrogens (tertiary/aromatic N) is 1. The molecule has 0 heterocycles. The fourth-order valence-electron chi connectivity index (χ4n) is 1.81. The van der Waals surface area contributed by atoms with Crippen LogP contribution in [0.5, 0.6) is 5.75 Å². The molecule has 0 saturated heterocycles. The van der Waals surface area contributed by atoms with Crippen LogP contribution in [0.1, 0.15) is 5.56 Å². The summed E-state index contributed by atoms with van der Waals surface area (Å²) in [5.41, 5.74) is 10.2. The van der Waals surface area contributed by atoms with Crippen LogP contribution in [0, 0.1) is 5.82 Å². The fraction of sp³-hybridized carbons (Fsp3) is 0.0667. The Morgan fingerprint density at radius 2 is 2.05 bits per heavy atom. The molecule has 3 N–H and O–H groups in total. The van der Waals surface area contributed by atoms with Crippen molar-refractivity contribution in [1.29, 1.82) is 0 Å². The highest BCUT2D eigenvalue weighted by Crippen LogP contribution is 2.25. The average Bonchev–Trinajstić information content (AvgIpc) is 2.47. The fourth-order valence-corrected chi connectivity index (χ4v) is 1.87. The van der Waals surface area contributed by atoms with Crippen molar-refractivity contribution >= 4 is 23.5 Å². The molecule has 0 radical (unpaired) electrons. The van der Waals surface area contributed by atoms with Gasteiger partial charge < -0.3 is 10.5 Å². The minimum Gasteiger partial charge on any atom is -0.494 e. The Morgan fingerprint density at radius 1 is 1.29 bits per heavy atom. The number of benzene rings is 2. The molecule has 4 nitrogen and oxygen atoms in total. The SMILES string of the molecule is COc1ccc(-c2cccc(C=NNC(N)=S)c2)cc1F. The summed E-state index contributed by atoms with van der Waals surface area (Å²) in [6.45, 7) is 0. The number of thiocarbonyl (C=S) groups is 1. The molecule has 0 bridgehead atoms. The van der Waals surface area contributed by atoms with Gasteiger partial charge in [0, 0.05) is 0 Å². The minimum absolute atomic E-state index is 0.0969. The molecule has 0 aliphatic carbocycles. The van der Waals surface area contributed by atoms with Gasteiger partial charge in [-0.1, -0.05) is 24.3 Å². The van der Waals surface area contributed by atoms with E-state index in [9.17, 15) is 4.39 Å². The summed E-state index contributed by atoms with van der Waals surface area (Å²) in [7, 11) is 1.43. The summed E-state index contributed by atoms with van der Waals surface area (Å²) >= 11 is 4.65. The molecule has 2 rings (SSSR count). The second-order valence-corrected chi connectivity index (χ2v) is 4.65. The molecule has 21 heavy (non-hydrogen) atoms. The first kappa shape index (κ1) is 14.9. The third kappa shape index (κ3) is 4.00. The van der Waals surface area contributed by atoms with Crippen molar-refractivity contribution in [3.8, 4) is 16.9 Å². The highest BCUT2D eigenvalue weighted by molar-refractivity contribution is 7.80. The van der Waals surface area contributed by atoms with Crippen LogP contribution < -0.4 is 15.9 Å². The van der Waals surface area contributed by atoms with Crippen molar-refractivity contribution in [2.24, 2.45) is 10.8 Å². The van der Waals surface area contributed by atoms with Gasteiger partial charge in [-0.05, 0) is 47.1 Å². The van der Waals surface area contributed by atoms with Crippen LogP contribution in [0.4, 0.5) is 4.39 Å². The predicted octanol–water partition coefficient (Wildman–Crippen LogP) is 2.67. The lowest BCUT2D eigenvalue weighted by molar-refractivity contribution is 0.386. The Labute approximate surface area is 127 Å². The van der Waals surface area contributed by atoms with E-state index in [1.165, 1.54) is 13.2 Å². The van der Waals surface area contributed by atoms with Gasteiger partial charge in [0.25, 0.3) is 0 Å². The quantitative estimate of drug-likeness (QED) is 0.518. The van der Waals surface area contributed by atoms with Crippen LogP contribution in [0.2, 0.25) is 0 Å². The molecule has 2 aromatic rings. The van der Waals surface area contributed by atoms with E-state index >= 15 is 0 Å². The summed E-state index contributed by atoms with van der Waals surface area (Å²) in [5.74, 6) is -0.179. The third-order valence-corrected chi connectivity index (χ3v) is 2.85. The van der Waals surface area contributed by atoms with Crippen LogP contribution in [0.3, 0.4) is 0 Å². The highest BCUT2D eigenvalue weighted by atomic mass is 32.1. The molecular weight excluding hydrogens is 289 g/mol. The molecular formula is C15H14FN3OS. The average molecular weight is 303 g/mol. The molecule has 6 heteroatoms. The zero-order valence-corrected chi connectivity index (χ0v) is 12.2. The molecule has 0 aliphatic heterocycles. The Hall–Kier alpha value is -2.47. The number of methoxy groups -OCH3 is 1. The maximum atomic E-state index is 13.7. The van der Waals surface area contributed by atoms with Crippen molar-refractivity contribution in [2.75, 3.05) is 7.11 Å². The Bertz CT molecular complexity index is 688. The summed E-state index contributed by atoms with van der Waals surface area (Å²) in [4.78, 5) is 0. The second kappa shape index (κ2) is 6.81. The first-order chi connectivity index (χ1) is 10.1. The summed E-state index contributed by atoms with van der Waals surface area (Å²) in [5, 5.41) is 3.98. The number of nitrogens with two attached hydrogens (primary N) is 1. The maximum absolute atomic E-state index is 13.7. The number of hydrogen-bond donors (Lipinski definition) is 2. The van der Waals surface area contributed by atoms with Crippen molar-refractivity contribution in [1.82, 2.24) is 5.43 Å². The van der Waals surface area contributed by atoms with Gasteiger partial charge in [-0.25, -0.2) is 4.39 Å². The zero-order chi connectivity index (χ0) is 15.2. The van der Waals surface area contributed by atoms with Gasteiger partial charge in [0.1, 0.15) is 0 Å². The van der Waals surface area contributed by atoms with Crippen molar-refractivity contribution in [2.45, 2.75) is 0 Å². The lowest BCUT2D eigenvalue weighted by Crippen LogP contribution is -2.23. The van der Waals surface area contributed by atoms with Gasteiger partial charge in [-0.2, -0.15) is 5.10 Å². The lowest BCUT2D eigenvalue weighted by atomic mass is 10.0. The standard InChI is InChI=1S/C15H14FN3OS/c1-20-14-6-5-12(8-13(14)16)11-4-2-3-10(7-11)9-18-19-15(17)21/h2-9H,1H3,(H3,17,19,21). The first-order valence-corrected chi connectivity index (χ1v) is 6.53. The van der Waals surface area contributed by atoms with Crippen molar-refractivity contribution in [3.05, 3.63) is 53.8 Å². The molecule has 0 atom stereocenters. The van der Waals surface area contributed by atoms with E-state index in [0.29, 0.717) is 0 Å². The molecule has 0 aliphatic rings. The zero-order valence-electron chi connectivity index (χ0n) is 11.3. The smallest absolute Gasteiger partial charge is 0.184 e. The van der Waals surface area contributed by atoms with Gasteiger partial charge >= 0.3 is 0 Å². The first-order valence-electron chi connectivity index (χ1n) is 6.12. The van der Waals surface area contributed by atoms with Crippen LogP contribution in [-0.2, 0) is 0 Å². The van der Waals surface area contributed by atoms with E-state index in [-0.39, 0.29) is 10.9 Å². The summed E-state index contributed by atoms with van der Waals surface area (Å²) in [6, 6.07) is 12.3. The van der Waals surface area contributed by atoms with Gasteiger partial charge in [-0.15, -0.1) is 0 Å². The van der Waals surface area contributed by atoms with Crippen LogP contribution in [0.15, 0.2) is 47.6 Å². The number of nitrogens with one attached hydrogen (secondary N) is 1. The number of hydrazone groups is 1. The molecule has 0 saturated carbocycles. The largest absolute Gasteiger partial charge is 0.494 e. The highest BCUT2D eigenvalue weighted by Gasteiger charge is 2.05. The Kier molecular flexibility index (Phi) is 4.84. The molecule has 0 amide bonds. The number of halogens is 1. The van der Waals surface area contributed by atoms with Gasteiger partial charge in [0.05, 0.1) is 13.3 Å². The van der Waals surface area contributed by atoms with Crippen LogP contribution in [-0.4, -0.2) is 18.4 Å². The Morgan fingerprint density at radius 3 is 2.71 bits per heavy atom. The third-order valence-electron chi connectivity index (χ3n) is 2.76. The van der Waals surface area contributed by atoms with Gasteiger partial charge in [0.2, 0.25) is 0 Å². The van der Waals surface area contributed by atoms with E-state index in [1.807, 2.05) is 24.3 Å². The van der Waals surface area contributed by atoms with Gasteiger partial charge in [0.15, 0.2) is 16.7 Å². The van der Waals surface area contributed by atoms with Gasteiger partial charge in [-0.3, -0.25) is 5.43 Å². The van der Waals surface area contributed by atoms with E-state index in [1.54, 1.807) is 18.3 Å². The lowest BCUT2D eigenvalue weighted by Gasteiger charge is -2.06. The summed E-state index contributed by atoms with van der Waals surface area (Å²) in [6.07, 6.45) is 1.59. The second-order valence-electron chi connectivity index (χ2n) is 4.21. The van der Waals surface area contributed by atoms with E-state index in [0.717, 1.165) is 16.7 Å². The van der Waals surface area contributed by atoms with E-state index < -0.39 is 5.82 Å². The van der Waals surface area contributed by atoms with Crippen molar-refractivity contribution < 1.29 is 9.13 Å². The van der Waals surface area contributed by atoms with Crippen LogP contribution >= 0.6 is 12.2 Å². The van der Waals surface area contributed by atoms with E-state index in [4.69, 9.17) is 10.5 Å². The molecule has 108 valence electrons. The normalized spacial score (nSPS) is 10.6. The maximum Gasteiger partial charge on any atom is 0.184 e. The number of hydrogen-bond acceptors (Lipinski definition) is 3. The Balaban J connectivity index is 2.26. The molecule has 0 aromatic heterocycles.